The Morgan fingerprint density at radius 3 is 2.81 bits per heavy atom. The Morgan fingerprint density at radius 1 is 1.35 bits per heavy atom. The molecule has 8 heteroatoms. The van der Waals surface area contributed by atoms with E-state index in [1.807, 2.05) is 0 Å². The zero-order valence-electron chi connectivity index (χ0n) is 14.7. The number of pyridine rings is 2. The quantitative estimate of drug-likeness (QED) is 0.477. The van der Waals surface area contributed by atoms with Gasteiger partial charge in [-0.2, -0.15) is 0 Å². The van der Waals surface area contributed by atoms with E-state index in [9.17, 15) is 19.5 Å². The second-order valence-corrected chi connectivity index (χ2v) is 5.73. The number of carbonyl (C=O) groups excluding carboxylic acids is 2. The SMILES string of the molecule is COCCNC(=O)c1cccc(CCC(=O)c2c(O)cc(C)[nH]c2=O)n1. The molecule has 0 spiro atoms. The molecule has 1 amide bonds. The number of Topliss-reactive ketones (excluding diaryl/α,β-unsaturated/α-hetero) is 1. The van der Waals surface area contributed by atoms with Gasteiger partial charge in [-0.05, 0) is 31.5 Å². The average molecular weight is 359 g/mol. The van der Waals surface area contributed by atoms with E-state index in [1.165, 1.54) is 6.07 Å². The Labute approximate surface area is 150 Å². The van der Waals surface area contributed by atoms with E-state index in [-0.39, 0.29) is 35.8 Å². The topological polar surface area (TPSA) is 121 Å². The maximum absolute atomic E-state index is 12.3. The highest BCUT2D eigenvalue weighted by Crippen LogP contribution is 2.16. The number of aromatic amines is 1. The molecule has 0 atom stereocenters. The predicted molar refractivity (Wildman–Crippen MR) is 94.6 cm³/mol. The number of aromatic nitrogens is 2. The number of nitrogens with one attached hydrogen (secondary N) is 2. The summed E-state index contributed by atoms with van der Waals surface area (Å²) in [5.74, 6) is -1.15. The number of H-pyrrole nitrogens is 1. The number of carbonyl (C=O) groups is 2. The van der Waals surface area contributed by atoms with Gasteiger partial charge in [0.15, 0.2) is 5.78 Å². The number of aryl methyl sites for hydroxylation is 2. The summed E-state index contributed by atoms with van der Waals surface area (Å²) in [6, 6.07) is 6.27. The van der Waals surface area contributed by atoms with Crippen molar-refractivity contribution in [2.75, 3.05) is 20.3 Å². The molecule has 0 bridgehead atoms. The highest BCUT2D eigenvalue weighted by Gasteiger charge is 2.17. The van der Waals surface area contributed by atoms with Crippen molar-refractivity contribution in [1.29, 1.82) is 0 Å². The molecule has 2 aromatic rings. The minimum atomic E-state index is -0.619. The number of methoxy groups -OCH3 is 1. The van der Waals surface area contributed by atoms with Crippen LogP contribution in [0.25, 0.3) is 0 Å². The number of ether oxygens (including phenoxy) is 1. The molecule has 0 unspecified atom stereocenters. The fourth-order valence-electron chi connectivity index (χ4n) is 2.41. The van der Waals surface area contributed by atoms with Gasteiger partial charge in [0.05, 0.1) is 6.61 Å². The number of hydrogen-bond donors (Lipinski definition) is 3. The summed E-state index contributed by atoms with van der Waals surface area (Å²) in [6.07, 6.45) is 0.228. The van der Waals surface area contributed by atoms with Crippen LogP contribution in [0.2, 0.25) is 0 Å². The van der Waals surface area contributed by atoms with Crippen molar-refractivity contribution >= 4 is 11.7 Å². The predicted octanol–water partition coefficient (Wildman–Crippen LogP) is 0.976. The van der Waals surface area contributed by atoms with Crippen molar-refractivity contribution in [3.63, 3.8) is 0 Å². The first-order chi connectivity index (χ1) is 12.4. The molecular formula is C18H21N3O5. The molecular weight excluding hydrogens is 338 g/mol. The molecule has 0 aliphatic carbocycles. The molecule has 8 nitrogen and oxygen atoms in total. The molecule has 138 valence electrons. The summed E-state index contributed by atoms with van der Waals surface area (Å²) < 4.78 is 4.86. The lowest BCUT2D eigenvalue weighted by Gasteiger charge is -2.07. The molecule has 0 aliphatic heterocycles. The minimum Gasteiger partial charge on any atom is -0.507 e. The molecule has 0 fully saturated rings. The van der Waals surface area contributed by atoms with Gasteiger partial charge in [0, 0.05) is 31.5 Å². The molecule has 2 aromatic heterocycles. The molecule has 26 heavy (non-hydrogen) atoms. The van der Waals surface area contributed by atoms with Gasteiger partial charge in [-0.1, -0.05) is 6.07 Å². The van der Waals surface area contributed by atoms with Crippen LogP contribution in [0.1, 0.15) is 38.7 Å². The Kier molecular flexibility index (Phi) is 6.62. The third-order valence-corrected chi connectivity index (χ3v) is 3.67. The summed E-state index contributed by atoms with van der Waals surface area (Å²) >= 11 is 0. The fourth-order valence-corrected chi connectivity index (χ4v) is 2.41. The normalized spacial score (nSPS) is 10.5. The number of amides is 1. The van der Waals surface area contributed by atoms with E-state index < -0.39 is 11.3 Å². The van der Waals surface area contributed by atoms with Crippen LogP contribution in [0.4, 0.5) is 0 Å². The first-order valence-electron chi connectivity index (χ1n) is 8.11. The largest absolute Gasteiger partial charge is 0.507 e. The monoisotopic (exact) mass is 359 g/mol. The summed E-state index contributed by atoms with van der Waals surface area (Å²) in [7, 11) is 1.54. The van der Waals surface area contributed by atoms with Crippen LogP contribution in [0.5, 0.6) is 5.75 Å². The molecule has 0 radical (unpaired) electrons. The lowest BCUT2D eigenvalue weighted by molar-refractivity contribution is 0.0931. The zero-order valence-corrected chi connectivity index (χ0v) is 14.7. The van der Waals surface area contributed by atoms with E-state index in [0.29, 0.717) is 24.5 Å². The maximum atomic E-state index is 12.3. The first-order valence-corrected chi connectivity index (χ1v) is 8.11. The Balaban J connectivity index is 2.04. The second kappa shape index (κ2) is 8.91. The van der Waals surface area contributed by atoms with Crippen LogP contribution in [-0.2, 0) is 11.2 Å². The lowest BCUT2D eigenvalue weighted by atomic mass is 10.1. The lowest BCUT2D eigenvalue weighted by Crippen LogP contribution is -2.27. The Morgan fingerprint density at radius 2 is 2.12 bits per heavy atom. The van der Waals surface area contributed by atoms with Crippen molar-refractivity contribution in [2.24, 2.45) is 0 Å². The molecule has 0 saturated heterocycles. The van der Waals surface area contributed by atoms with Crippen molar-refractivity contribution in [3.8, 4) is 5.75 Å². The van der Waals surface area contributed by atoms with E-state index in [4.69, 9.17) is 4.74 Å². The molecule has 2 rings (SSSR count). The third kappa shape index (κ3) is 5.00. The summed E-state index contributed by atoms with van der Waals surface area (Å²) in [4.78, 5) is 42.8. The number of hydrogen-bond acceptors (Lipinski definition) is 6. The van der Waals surface area contributed by atoms with Gasteiger partial charge in [0.25, 0.3) is 11.5 Å². The fraction of sp³-hybridized carbons (Fsp3) is 0.333. The number of aromatic hydroxyl groups is 1. The van der Waals surface area contributed by atoms with Gasteiger partial charge in [-0.25, -0.2) is 4.98 Å². The van der Waals surface area contributed by atoms with Gasteiger partial charge in [0.1, 0.15) is 17.0 Å². The molecule has 3 N–H and O–H groups in total. The van der Waals surface area contributed by atoms with Crippen LogP contribution in [-0.4, -0.2) is 47.0 Å². The van der Waals surface area contributed by atoms with E-state index in [2.05, 4.69) is 15.3 Å². The van der Waals surface area contributed by atoms with Crippen LogP contribution < -0.4 is 10.9 Å². The van der Waals surface area contributed by atoms with Crippen molar-refractivity contribution in [2.45, 2.75) is 19.8 Å². The highest BCUT2D eigenvalue weighted by atomic mass is 16.5. The highest BCUT2D eigenvalue weighted by molar-refractivity contribution is 5.98. The minimum absolute atomic E-state index is 0.0125. The summed E-state index contributed by atoms with van der Waals surface area (Å²) in [5, 5.41) is 12.5. The standard InChI is InChI=1S/C18H21N3O5/c1-11-10-15(23)16(18(25)20-11)14(22)7-6-12-4-3-5-13(21-12)17(24)19-8-9-26-2/h3-5,10H,6-9H2,1-2H3,(H,19,24)(H2,20,23,25). The zero-order chi connectivity index (χ0) is 19.1. The smallest absolute Gasteiger partial charge is 0.269 e. The number of ketones is 1. The van der Waals surface area contributed by atoms with Crippen molar-refractivity contribution in [1.82, 2.24) is 15.3 Å². The van der Waals surface area contributed by atoms with Gasteiger partial charge < -0.3 is 20.1 Å². The van der Waals surface area contributed by atoms with Gasteiger partial charge in [0.2, 0.25) is 0 Å². The van der Waals surface area contributed by atoms with Crippen molar-refractivity contribution < 1.29 is 19.4 Å². The average Bonchev–Trinajstić information content (AvgIpc) is 2.59. The maximum Gasteiger partial charge on any atom is 0.269 e. The summed E-state index contributed by atoms with van der Waals surface area (Å²) in [6.45, 7) is 2.38. The molecule has 2 heterocycles. The Hall–Kier alpha value is -3.00. The second-order valence-electron chi connectivity index (χ2n) is 5.73. The van der Waals surface area contributed by atoms with Gasteiger partial charge in [-0.15, -0.1) is 0 Å². The summed E-state index contributed by atoms with van der Waals surface area (Å²) in [5.41, 5.74) is 0.372. The molecule has 0 aromatic carbocycles. The van der Waals surface area contributed by atoms with Crippen molar-refractivity contribution in [3.05, 3.63) is 57.3 Å². The van der Waals surface area contributed by atoms with Crippen LogP contribution in [0.15, 0.2) is 29.1 Å². The van der Waals surface area contributed by atoms with Gasteiger partial charge >= 0.3 is 0 Å². The van der Waals surface area contributed by atoms with Crippen LogP contribution >= 0.6 is 0 Å². The third-order valence-electron chi connectivity index (χ3n) is 3.67. The Bertz CT molecular complexity index is 860. The number of nitrogens with zero attached hydrogens (tertiary/aromatic N) is 1. The number of rotatable bonds is 8. The van der Waals surface area contributed by atoms with Crippen LogP contribution in [0, 0.1) is 6.92 Å². The first kappa shape index (κ1) is 19.3. The van der Waals surface area contributed by atoms with E-state index in [0.717, 1.165) is 0 Å². The van der Waals surface area contributed by atoms with Gasteiger partial charge in [-0.3, -0.25) is 14.4 Å². The van der Waals surface area contributed by atoms with E-state index in [1.54, 1.807) is 32.2 Å². The molecule has 0 saturated carbocycles. The molecule has 0 aliphatic rings. The van der Waals surface area contributed by atoms with Crippen LogP contribution in [0.3, 0.4) is 0 Å². The van der Waals surface area contributed by atoms with E-state index >= 15 is 0 Å².